The van der Waals surface area contributed by atoms with Crippen LogP contribution in [-0.2, 0) is 33.9 Å². The largest absolute Gasteiger partial charge is 0.426 e. The van der Waals surface area contributed by atoms with Gasteiger partial charge >= 0.3 is 5.97 Å². The number of nitrogens with zero attached hydrogens (tertiary/aromatic N) is 2. The summed E-state index contributed by atoms with van der Waals surface area (Å²) in [5, 5.41) is 3.09. The number of aryl methyl sites for hydroxylation is 1. The number of fused-ring (bicyclic) bond motifs is 1. The van der Waals surface area contributed by atoms with E-state index in [0.29, 0.717) is 24.4 Å². The van der Waals surface area contributed by atoms with E-state index in [2.05, 4.69) is 28.4 Å². The summed E-state index contributed by atoms with van der Waals surface area (Å²) >= 11 is 0. The van der Waals surface area contributed by atoms with Crippen molar-refractivity contribution in [3.8, 4) is 5.75 Å². The van der Waals surface area contributed by atoms with Crippen molar-refractivity contribution in [3.63, 3.8) is 0 Å². The second kappa shape index (κ2) is 10.9. The first-order chi connectivity index (χ1) is 17.8. The van der Waals surface area contributed by atoms with E-state index in [-0.39, 0.29) is 17.8 Å². The molecule has 7 nitrogen and oxygen atoms in total. The second-order valence-electron chi connectivity index (χ2n) is 11.9. The molecule has 1 atom stereocenters. The van der Waals surface area contributed by atoms with E-state index in [9.17, 15) is 14.4 Å². The molecular weight excluding hydrogens is 478 g/mol. The molecule has 0 bridgehead atoms. The third-order valence-corrected chi connectivity index (χ3v) is 7.74. The molecule has 0 radical (unpaired) electrons. The Labute approximate surface area is 226 Å². The van der Waals surface area contributed by atoms with E-state index in [1.807, 2.05) is 47.6 Å². The maximum absolute atomic E-state index is 13.8. The average molecular weight is 520 g/mol. The predicted molar refractivity (Wildman–Crippen MR) is 149 cm³/mol. The monoisotopic (exact) mass is 519 g/mol. The minimum absolute atomic E-state index is 0.0393. The Bertz CT molecular complexity index is 1250. The van der Waals surface area contributed by atoms with Crippen molar-refractivity contribution in [2.45, 2.75) is 86.9 Å². The van der Waals surface area contributed by atoms with E-state index in [1.165, 1.54) is 25.3 Å². The van der Waals surface area contributed by atoms with Gasteiger partial charge in [0.1, 0.15) is 11.8 Å². The summed E-state index contributed by atoms with van der Waals surface area (Å²) in [6, 6.07) is 7.73. The Morgan fingerprint density at radius 3 is 2.32 bits per heavy atom. The Hall–Kier alpha value is -3.19. The van der Waals surface area contributed by atoms with E-state index in [1.54, 1.807) is 4.90 Å². The fourth-order valence-corrected chi connectivity index (χ4v) is 5.52. The lowest BCUT2D eigenvalue weighted by molar-refractivity contribution is -0.146. The molecule has 1 saturated heterocycles. The lowest BCUT2D eigenvalue weighted by atomic mass is 9.87. The van der Waals surface area contributed by atoms with Crippen LogP contribution in [-0.4, -0.2) is 46.7 Å². The maximum atomic E-state index is 13.8. The molecule has 0 aliphatic carbocycles. The quantitative estimate of drug-likeness (QED) is 0.441. The number of likely N-dealkylation sites (tertiary alicyclic amines) is 1. The number of ether oxygens (including phenoxy) is 1. The zero-order chi connectivity index (χ0) is 27.8. The van der Waals surface area contributed by atoms with E-state index < -0.39 is 11.5 Å². The first-order valence-electron chi connectivity index (χ1n) is 13.6. The van der Waals surface area contributed by atoms with Crippen LogP contribution < -0.4 is 10.1 Å². The first kappa shape index (κ1) is 27.8. The van der Waals surface area contributed by atoms with Crippen LogP contribution in [0.1, 0.15) is 73.9 Å². The molecule has 4 rings (SSSR count). The number of nitrogens with one attached hydrogen (secondary N) is 1. The molecule has 7 heteroatoms. The molecule has 1 N–H and O–H groups in total. The van der Waals surface area contributed by atoms with Crippen LogP contribution >= 0.6 is 0 Å². The summed E-state index contributed by atoms with van der Waals surface area (Å²) in [4.78, 5) is 43.1. The summed E-state index contributed by atoms with van der Waals surface area (Å²) in [6.07, 6.45) is 2.97. The van der Waals surface area contributed by atoms with Crippen LogP contribution in [0.15, 0.2) is 24.3 Å². The zero-order valence-corrected chi connectivity index (χ0v) is 23.9. The average Bonchev–Trinajstić information content (AvgIpc) is 3.36. The molecule has 2 heterocycles. The van der Waals surface area contributed by atoms with Crippen LogP contribution in [0.4, 0.5) is 5.69 Å². The van der Waals surface area contributed by atoms with Gasteiger partial charge in [0.25, 0.3) is 0 Å². The van der Waals surface area contributed by atoms with Crippen LogP contribution in [0, 0.1) is 26.2 Å². The highest BCUT2D eigenvalue weighted by atomic mass is 16.5. The Balaban J connectivity index is 1.62. The van der Waals surface area contributed by atoms with Gasteiger partial charge in [-0.25, -0.2) is 0 Å². The van der Waals surface area contributed by atoms with E-state index in [4.69, 9.17) is 4.74 Å². The molecule has 2 aliphatic heterocycles. The SMILES string of the molecule is CC(=O)Oc1c(C)cc(NC(=O)[C@@H]2Cc3ccc(CN4CCCC4)cc3CN2C(=O)C(C)(C)C)c(C)c1C. The van der Waals surface area contributed by atoms with Gasteiger partial charge in [-0.2, -0.15) is 0 Å². The highest BCUT2D eigenvalue weighted by Gasteiger charge is 2.39. The van der Waals surface area contributed by atoms with Crippen molar-refractivity contribution >= 4 is 23.5 Å². The van der Waals surface area contributed by atoms with Gasteiger partial charge in [-0.1, -0.05) is 39.0 Å². The minimum Gasteiger partial charge on any atom is -0.426 e. The number of carbonyl (C=O) groups excluding carboxylic acids is 3. The third-order valence-electron chi connectivity index (χ3n) is 7.74. The molecule has 204 valence electrons. The summed E-state index contributed by atoms with van der Waals surface area (Å²) in [6.45, 7) is 16.3. The molecule has 0 spiro atoms. The number of anilines is 1. The Morgan fingerprint density at radius 1 is 1.00 bits per heavy atom. The van der Waals surface area contributed by atoms with Gasteiger partial charge in [0.05, 0.1) is 0 Å². The fraction of sp³-hybridized carbons (Fsp3) is 0.516. The number of hydrogen-bond donors (Lipinski definition) is 1. The standard InChI is InChI=1S/C31H41N3O4/c1-19-14-26(20(2)21(3)28(19)38-22(4)35)32-29(36)27-16-24-11-10-23(17-33-12-8-9-13-33)15-25(24)18-34(27)30(37)31(5,6)7/h10-11,14-15,27H,8-9,12-13,16-18H2,1-7H3,(H,32,36)/t27-/m0/s1. The molecule has 38 heavy (non-hydrogen) atoms. The summed E-state index contributed by atoms with van der Waals surface area (Å²) < 4.78 is 5.40. The number of hydrogen-bond acceptors (Lipinski definition) is 5. The van der Waals surface area contributed by atoms with Gasteiger partial charge < -0.3 is 15.0 Å². The number of carbonyl (C=O) groups is 3. The van der Waals surface area contributed by atoms with Crippen LogP contribution in [0.2, 0.25) is 0 Å². The first-order valence-corrected chi connectivity index (χ1v) is 13.6. The van der Waals surface area contributed by atoms with E-state index in [0.717, 1.165) is 47.5 Å². The lowest BCUT2D eigenvalue weighted by Crippen LogP contribution is -2.53. The highest BCUT2D eigenvalue weighted by Crippen LogP contribution is 2.34. The van der Waals surface area contributed by atoms with Crippen molar-refractivity contribution in [1.29, 1.82) is 0 Å². The zero-order valence-electron chi connectivity index (χ0n) is 23.9. The van der Waals surface area contributed by atoms with Crippen LogP contribution in [0.3, 0.4) is 0 Å². The van der Waals surface area contributed by atoms with Gasteiger partial charge in [-0.05, 0) is 86.1 Å². The maximum Gasteiger partial charge on any atom is 0.308 e. The molecule has 2 aromatic carbocycles. The van der Waals surface area contributed by atoms with Crippen molar-refractivity contribution in [1.82, 2.24) is 9.80 Å². The molecule has 0 unspecified atom stereocenters. The lowest BCUT2D eigenvalue weighted by Gasteiger charge is -2.39. The molecule has 2 aliphatic rings. The number of amides is 2. The minimum atomic E-state index is -0.619. The fourth-order valence-electron chi connectivity index (χ4n) is 5.52. The van der Waals surface area contributed by atoms with Crippen molar-refractivity contribution in [2.24, 2.45) is 5.41 Å². The number of rotatable bonds is 5. The summed E-state index contributed by atoms with van der Waals surface area (Å²) in [5.41, 5.74) is 5.94. The molecule has 1 fully saturated rings. The number of esters is 1. The van der Waals surface area contributed by atoms with Crippen molar-refractivity contribution in [3.05, 3.63) is 57.6 Å². The molecule has 2 aromatic rings. The predicted octanol–water partition coefficient (Wildman–Crippen LogP) is 5.07. The van der Waals surface area contributed by atoms with Gasteiger partial charge in [0.15, 0.2) is 0 Å². The van der Waals surface area contributed by atoms with Gasteiger partial charge in [-0.15, -0.1) is 0 Å². The molecule has 0 saturated carbocycles. The van der Waals surface area contributed by atoms with Gasteiger partial charge in [-0.3, -0.25) is 19.3 Å². The van der Waals surface area contributed by atoms with Crippen molar-refractivity contribution in [2.75, 3.05) is 18.4 Å². The van der Waals surface area contributed by atoms with Crippen LogP contribution in [0.25, 0.3) is 0 Å². The number of benzene rings is 2. The van der Waals surface area contributed by atoms with Gasteiger partial charge in [0.2, 0.25) is 11.8 Å². The Kier molecular flexibility index (Phi) is 7.98. The highest BCUT2D eigenvalue weighted by molar-refractivity contribution is 5.99. The summed E-state index contributed by atoms with van der Waals surface area (Å²) in [7, 11) is 0. The normalized spacial score (nSPS) is 17.8. The van der Waals surface area contributed by atoms with Crippen LogP contribution in [0.5, 0.6) is 5.75 Å². The van der Waals surface area contributed by atoms with Gasteiger partial charge in [0, 0.05) is 37.5 Å². The summed E-state index contributed by atoms with van der Waals surface area (Å²) in [5.74, 6) is -0.110. The molecule has 2 amide bonds. The smallest absolute Gasteiger partial charge is 0.308 e. The third kappa shape index (κ3) is 5.93. The molecule has 0 aromatic heterocycles. The van der Waals surface area contributed by atoms with Crippen molar-refractivity contribution < 1.29 is 19.1 Å². The Morgan fingerprint density at radius 2 is 1.68 bits per heavy atom. The molecular formula is C31H41N3O4. The van der Waals surface area contributed by atoms with E-state index >= 15 is 0 Å². The topological polar surface area (TPSA) is 79.0 Å². The second-order valence-corrected chi connectivity index (χ2v) is 11.9.